The van der Waals surface area contributed by atoms with Crippen molar-refractivity contribution < 1.29 is 9.63 Å². The maximum atomic E-state index is 12.7. The van der Waals surface area contributed by atoms with E-state index in [4.69, 9.17) is 4.84 Å². The minimum atomic E-state index is -0.280. The van der Waals surface area contributed by atoms with Crippen molar-refractivity contribution >= 4 is 17.4 Å². The number of likely N-dealkylation sites (tertiary alicyclic amines) is 1. The zero-order valence-electron chi connectivity index (χ0n) is 18.4. The molecule has 0 bridgehead atoms. The third kappa shape index (κ3) is 4.20. The van der Waals surface area contributed by atoms with Crippen molar-refractivity contribution in [1.29, 1.82) is 0 Å². The fourth-order valence-electron chi connectivity index (χ4n) is 4.13. The molecule has 0 aliphatic carbocycles. The molecule has 0 unspecified atom stereocenters. The van der Waals surface area contributed by atoms with Crippen molar-refractivity contribution in [2.75, 3.05) is 18.4 Å². The molecule has 2 amide bonds. The molecule has 0 atom stereocenters. The van der Waals surface area contributed by atoms with E-state index in [0.29, 0.717) is 13.1 Å². The Bertz CT molecular complexity index is 949. The van der Waals surface area contributed by atoms with Gasteiger partial charge in [-0.25, -0.2) is 4.79 Å². The number of para-hydroxylation sites is 1. The van der Waals surface area contributed by atoms with Gasteiger partial charge in [0.05, 0.1) is 5.71 Å². The van der Waals surface area contributed by atoms with E-state index in [9.17, 15) is 4.79 Å². The average Bonchev–Trinajstić information content (AvgIpc) is 3.13. The number of carbonyl (C=O) groups excluding carboxylic acids is 1. The predicted octanol–water partition coefficient (Wildman–Crippen LogP) is 5.48. The van der Waals surface area contributed by atoms with Gasteiger partial charge in [-0.05, 0) is 35.1 Å². The highest BCUT2D eigenvalue weighted by atomic mass is 16.7. The summed E-state index contributed by atoms with van der Waals surface area (Å²) in [4.78, 5) is 20.5. The van der Waals surface area contributed by atoms with Gasteiger partial charge in [0.2, 0.25) is 0 Å². The minimum Gasteiger partial charge on any atom is -0.388 e. The number of aryl methyl sites for hydroxylation is 1. The number of benzene rings is 2. The monoisotopic (exact) mass is 405 g/mol. The molecule has 0 radical (unpaired) electrons. The van der Waals surface area contributed by atoms with E-state index in [1.54, 1.807) is 0 Å². The van der Waals surface area contributed by atoms with E-state index in [1.165, 1.54) is 5.56 Å². The Labute approximate surface area is 179 Å². The molecule has 2 aliphatic rings. The van der Waals surface area contributed by atoms with Crippen LogP contribution in [0.2, 0.25) is 0 Å². The summed E-state index contributed by atoms with van der Waals surface area (Å²) in [5, 5.41) is 7.45. The second-order valence-corrected chi connectivity index (χ2v) is 9.55. The first-order valence-corrected chi connectivity index (χ1v) is 10.7. The van der Waals surface area contributed by atoms with Crippen molar-refractivity contribution in [3.63, 3.8) is 0 Å². The summed E-state index contributed by atoms with van der Waals surface area (Å²) < 4.78 is 0. The van der Waals surface area contributed by atoms with Crippen molar-refractivity contribution in [1.82, 2.24) is 4.90 Å². The van der Waals surface area contributed by atoms with Gasteiger partial charge in [0, 0.05) is 38.0 Å². The predicted molar refractivity (Wildman–Crippen MR) is 121 cm³/mol. The number of nitrogens with one attached hydrogen (secondary N) is 1. The number of urea groups is 1. The molecule has 2 aliphatic heterocycles. The number of carbonyl (C=O) groups is 1. The molecule has 2 aromatic rings. The van der Waals surface area contributed by atoms with Crippen LogP contribution < -0.4 is 5.32 Å². The van der Waals surface area contributed by atoms with Crippen molar-refractivity contribution in [3.05, 3.63) is 65.2 Å². The Morgan fingerprint density at radius 2 is 1.73 bits per heavy atom. The number of amides is 2. The number of oxime groups is 1. The lowest BCUT2D eigenvalue weighted by molar-refractivity contribution is -0.0544. The standard InChI is InChI=1S/C25H31N3O2/c1-18-7-5-6-8-21(18)26-23(29)28-15-13-25(14-16-28)17-22(27-30-25)19-9-11-20(12-10-19)24(2,3)4/h5-12H,13-17H2,1-4H3,(H,26,29). The molecule has 1 fully saturated rings. The topological polar surface area (TPSA) is 53.9 Å². The summed E-state index contributed by atoms with van der Waals surface area (Å²) in [6, 6.07) is 16.5. The summed E-state index contributed by atoms with van der Waals surface area (Å²) >= 11 is 0. The summed E-state index contributed by atoms with van der Waals surface area (Å²) in [6.07, 6.45) is 2.39. The second-order valence-electron chi connectivity index (χ2n) is 9.55. The van der Waals surface area contributed by atoms with Gasteiger partial charge >= 0.3 is 6.03 Å². The summed E-state index contributed by atoms with van der Waals surface area (Å²) in [5.41, 5.74) is 5.23. The number of piperidine rings is 1. The SMILES string of the molecule is Cc1ccccc1NC(=O)N1CCC2(CC1)CC(c1ccc(C(C)(C)C)cc1)=NO2. The molecule has 158 valence electrons. The van der Waals surface area contributed by atoms with Crippen molar-refractivity contribution in [3.8, 4) is 0 Å². The zero-order valence-corrected chi connectivity index (χ0v) is 18.4. The third-order valence-electron chi connectivity index (χ3n) is 6.27. The Balaban J connectivity index is 1.34. The summed E-state index contributed by atoms with van der Waals surface area (Å²) in [6.45, 7) is 10.00. The molecule has 1 N–H and O–H groups in total. The number of anilines is 1. The van der Waals surface area contributed by atoms with Gasteiger partial charge in [-0.1, -0.05) is 68.4 Å². The molecular formula is C25H31N3O2. The normalized spacial score (nSPS) is 18.1. The van der Waals surface area contributed by atoms with Gasteiger partial charge in [-0.15, -0.1) is 0 Å². The Hall–Kier alpha value is -2.82. The molecule has 30 heavy (non-hydrogen) atoms. The lowest BCUT2D eigenvalue weighted by Crippen LogP contribution is -2.48. The van der Waals surface area contributed by atoms with Gasteiger partial charge in [-0.3, -0.25) is 0 Å². The molecule has 0 aromatic heterocycles. The first-order valence-electron chi connectivity index (χ1n) is 10.7. The second kappa shape index (κ2) is 7.78. The molecule has 1 saturated heterocycles. The molecule has 1 spiro atoms. The number of rotatable bonds is 2. The molecule has 4 rings (SSSR count). The van der Waals surface area contributed by atoms with E-state index in [-0.39, 0.29) is 17.0 Å². The van der Waals surface area contributed by atoms with Gasteiger partial charge in [0.25, 0.3) is 0 Å². The minimum absolute atomic E-state index is 0.0453. The van der Waals surface area contributed by atoms with Gasteiger partial charge < -0.3 is 15.1 Å². The highest BCUT2D eigenvalue weighted by Gasteiger charge is 2.43. The van der Waals surface area contributed by atoms with E-state index in [2.05, 4.69) is 55.5 Å². The van der Waals surface area contributed by atoms with Crippen LogP contribution in [-0.4, -0.2) is 35.3 Å². The van der Waals surface area contributed by atoms with Crippen molar-refractivity contribution in [2.24, 2.45) is 5.16 Å². The molecule has 5 nitrogen and oxygen atoms in total. The Kier molecular flexibility index (Phi) is 5.31. The van der Waals surface area contributed by atoms with Crippen LogP contribution in [0.3, 0.4) is 0 Å². The lowest BCUT2D eigenvalue weighted by Gasteiger charge is -2.37. The van der Waals surface area contributed by atoms with Gasteiger partial charge in [-0.2, -0.15) is 0 Å². The van der Waals surface area contributed by atoms with Gasteiger partial charge in [0.15, 0.2) is 0 Å². The van der Waals surface area contributed by atoms with Crippen LogP contribution >= 0.6 is 0 Å². The van der Waals surface area contributed by atoms with E-state index in [0.717, 1.165) is 41.8 Å². The lowest BCUT2D eigenvalue weighted by atomic mass is 9.84. The van der Waals surface area contributed by atoms with Crippen LogP contribution in [0.4, 0.5) is 10.5 Å². The van der Waals surface area contributed by atoms with Crippen LogP contribution in [0.5, 0.6) is 0 Å². The zero-order chi connectivity index (χ0) is 21.4. The smallest absolute Gasteiger partial charge is 0.321 e. The number of hydrogen-bond donors (Lipinski definition) is 1. The van der Waals surface area contributed by atoms with Crippen LogP contribution in [0, 0.1) is 6.92 Å². The number of hydrogen-bond acceptors (Lipinski definition) is 3. The highest BCUT2D eigenvalue weighted by molar-refractivity contribution is 6.01. The first kappa shape index (κ1) is 20.5. The van der Waals surface area contributed by atoms with Gasteiger partial charge in [0.1, 0.15) is 5.60 Å². The van der Waals surface area contributed by atoms with Crippen LogP contribution in [0.25, 0.3) is 0 Å². The quantitative estimate of drug-likeness (QED) is 0.719. The highest BCUT2D eigenvalue weighted by Crippen LogP contribution is 2.36. The Morgan fingerprint density at radius 1 is 1.07 bits per heavy atom. The Morgan fingerprint density at radius 3 is 2.37 bits per heavy atom. The average molecular weight is 406 g/mol. The molecule has 0 saturated carbocycles. The molecule has 5 heteroatoms. The largest absolute Gasteiger partial charge is 0.388 e. The molecule has 2 aromatic carbocycles. The first-order chi connectivity index (χ1) is 14.3. The molecule has 2 heterocycles. The fraction of sp³-hybridized carbons (Fsp3) is 0.440. The number of nitrogens with zero attached hydrogens (tertiary/aromatic N) is 2. The van der Waals surface area contributed by atoms with E-state index < -0.39 is 0 Å². The third-order valence-corrected chi connectivity index (χ3v) is 6.27. The van der Waals surface area contributed by atoms with Crippen molar-refractivity contribution in [2.45, 2.75) is 58.0 Å². The summed E-state index contributed by atoms with van der Waals surface area (Å²) in [7, 11) is 0. The van der Waals surface area contributed by atoms with Crippen LogP contribution in [0.1, 0.15) is 56.7 Å². The van der Waals surface area contributed by atoms with Crippen LogP contribution in [-0.2, 0) is 10.3 Å². The molecular weight excluding hydrogens is 374 g/mol. The maximum absolute atomic E-state index is 12.7. The van der Waals surface area contributed by atoms with E-state index in [1.807, 2.05) is 36.1 Å². The fourth-order valence-corrected chi connectivity index (χ4v) is 4.13. The maximum Gasteiger partial charge on any atom is 0.321 e. The van der Waals surface area contributed by atoms with Crippen LogP contribution in [0.15, 0.2) is 53.7 Å². The summed E-state index contributed by atoms with van der Waals surface area (Å²) in [5.74, 6) is 0. The van der Waals surface area contributed by atoms with E-state index >= 15 is 0 Å².